The van der Waals surface area contributed by atoms with Gasteiger partial charge in [-0.05, 0) is 37.6 Å². The van der Waals surface area contributed by atoms with Crippen LogP contribution in [0, 0.1) is 6.92 Å². The fourth-order valence-electron chi connectivity index (χ4n) is 3.16. The Morgan fingerprint density at radius 2 is 2.11 bits per heavy atom. The number of rotatable bonds is 7. The first-order valence-electron chi connectivity index (χ1n) is 9.36. The molecule has 0 aliphatic carbocycles. The molecule has 2 heterocycles. The molecule has 146 valence electrons. The van der Waals surface area contributed by atoms with Crippen molar-refractivity contribution in [2.45, 2.75) is 26.5 Å². The number of benzene rings is 1. The van der Waals surface area contributed by atoms with E-state index in [9.17, 15) is 4.79 Å². The van der Waals surface area contributed by atoms with Crippen molar-refractivity contribution < 1.29 is 14.3 Å². The Labute approximate surface area is 160 Å². The van der Waals surface area contributed by atoms with Gasteiger partial charge in [-0.1, -0.05) is 12.1 Å². The van der Waals surface area contributed by atoms with Crippen molar-refractivity contribution in [1.29, 1.82) is 0 Å². The Hall–Kier alpha value is -2.38. The largest absolute Gasteiger partial charge is 0.489 e. The molecule has 1 fully saturated rings. The molecule has 7 heteroatoms. The zero-order chi connectivity index (χ0) is 19.2. The molecule has 3 rings (SSSR count). The zero-order valence-corrected chi connectivity index (χ0v) is 16.3. The zero-order valence-electron chi connectivity index (χ0n) is 16.3. The number of morpholine rings is 1. The van der Waals surface area contributed by atoms with Gasteiger partial charge in [0.25, 0.3) is 5.91 Å². The van der Waals surface area contributed by atoms with Crippen LogP contribution in [0.4, 0.5) is 0 Å². The van der Waals surface area contributed by atoms with Crippen molar-refractivity contribution in [3.8, 4) is 5.75 Å². The van der Waals surface area contributed by atoms with Gasteiger partial charge in [0.1, 0.15) is 17.5 Å². The van der Waals surface area contributed by atoms with Crippen molar-refractivity contribution in [3.63, 3.8) is 0 Å². The van der Waals surface area contributed by atoms with E-state index in [4.69, 9.17) is 9.47 Å². The third kappa shape index (κ3) is 5.55. The quantitative estimate of drug-likeness (QED) is 0.802. The Morgan fingerprint density at radius 3 is 2.81 bits per heavy atom. The lowest BCUT2D eigenvalue weighted by Crippen LogP contribution is -2.35. The molecule has 1 aromatic carbocycles. The summed E-state index contributed by atoms with van der Waals surface area (Å²) in [4.78, 5) is 14.6. The summed E-state index contributed by atoms with van der Waals surface area (Å²) in [5.74, 6) is 0.675. The number of hydrogen-bond donors (Lipinski definition) is 1. The Kier molecular flexibility index (Phi) is 6.47. The highest BCUT2D eigenvalue weighted by Gasteiger charge is 2.14. The third-order valence-electron chi connectivity index (χ3n) is 4.53. The van der Waals surface area contributed by atoms with Crippen LogP contribution in [0.3, 0.4) is 0 Å². The van der Waals surface area contributed by atoms with Crippen LogP contribution >= 0.6 is 0 Å². The van der Waals surface area contributed by atoms with E-state index in [0.29, 0.717) is 12.2 Å². The van der Waals surface area contributed by atoms with Gasteiger partial charge in [0, 0.05) is 26.7 Å². The number of ether oxygens (including phenoxy) is 2. The molecule has 0 saturated carbocycles. The molecule has 1 amide bonds. The predicted molar refractivity (Wildman–Crippen MR) is 103 cm³/mol. The highest BCUT2D eigenvalue weighted by Crippen LogP contribution is 2.17. The van der Waals surface area contributed by atoms with Gasteiger partial charge in [0.15, 0.2) is 0 Å². The maximum atomic E-state index is 12.3. The van der Waals surface area contributed by atoms with E-state index in [1.807, 2.05) is 26.0 Å². The number of aryl methyl sites for hydroxylation is 2. The SMILES string of the molecule is Cc1cc(C(=O)NCC(C)Oc2cccc(CN3CCOCC3)c2)n(C)n1. The topological polar surface area (TPSA) is 68.6 Å². The molecule has 1 unspecified atom stereocenters. The summed E-state index contributed by atoms with van der Waals surface area (Å²) in [7, 11) is 1.77. The summed E-state index contributed by atoms with van der Waals surface area (Å²) in [6, 6.07) is 9.91. The number of hydrogen-bond acceptors (Lipinski definition) is 5. The summed E-state index contributed by atoms with van der Waals surface area (Å²) in [5.41, 5.74) is 2.59. The van der Waals surface area contributed by atoms with Gasteiger partial charge < -0.3 is 14.8 Å². The van der Waals surface area contributed by atoms with Crippen molar-refractivity contribution in [2.75, 3.05) is 32.8 Å². The Balaban J connectivity index is 1.50. The molecule has 1 atom stereocenters. The number of aromatic nitrogens is 2. The second-order valence-corrected chi connectivity index (χ2v) is 6.97. The average molecular weight is 372 g/mol. The Bertz CT molecular complexity index is 768. The van der Waals surface area contributed by atoms with Gasteiger partial charge in [-0.3, -0.25) is 14.4 Å². The van der Waals surface area contributed by atoms with Crippen LogP contribution in [0.15, 0.2) is 30.3 Å². The van der Waals surface area contributed by atoms with Crippen LogP contribution in [-0.4, -0.2) is 59.5 Å². The first-order valence-corrected chi connectivity index (χ1v) is 9.36. The van der Waals surface area contributed by atoms with Crippen LogP contribution < -0.4 is 10.1 Å². The fourth-order valence-corrected chi connectivity index (χ4v) is 3.16. The second-order valence-electron chi connectivity index (χ2n) is 6.97. The standard InChI is InChI=1S/C20H28N4O3/c1-15-11-19(23(3)22-15)20(25)21-13-16(2)27-18-6-4-5-17(12-18)14-24-7-9-26-10-8-24/h4-6,11-12,16H,7-10,13-14H2,1-3H3,(H,21,25). The second kappa shape index (κ2) is 9.01. The minimum Gasteiger partial charge on any atom is -0.489 e. The summed E-state index contributed by atoms with van der Waals surface area (Å²) in [5, 5.41) is 7.10. The normalized spacial score (nSPS) is 16.1. The minimum atomic E-state index is -0.144. The van der Waals surface area contributed by atoms with E-state index in [1.165, 1.54) is 5.56 Å². The number of carbonyl (C=O) groups is 1. The monoisotopic (exact) mass is 372 g/mol. The van der Waals surface area contributed by atoms with Crippen molar-refractivity contribution in [2.24, 2.45) is 7.05 Å². The van der Waals surface area contributed by atoms with Gasteiger partial charge in [-0.25, -0.2) is 0 Å². The van der Waals surface area contributed by atoms with Crippen molar-refractivity contribution in [3.05, 3.63) is 47.3 Å². The fraction of sp³-hybridized carbons (Fsp3) is 0.500. The highest BCUT2D eigenvalue weighted by atomic mass is 16.5. The molecular formula is C20H28N4O3. The molecule has 27 heavy (non-hydrogen) atoms. The molecular weight excluding hydrogens is 344 g/mol. The molecule has 1 saturated heterocycles. The number of nitrogens with one attached hydrogen (secondary N) is 1. The molecule has 1 aromatic heterocycles. The van der Waals surface area contributed by atoms with Crippen LogP contribution in [0.25, 0.3) is 0 Å². The number of amides is 1. The minimum absolute atomic E-state index is 0.137. The Morgan fingerprint density at radius 1 is 1.33 bits per heavy atom. The van der Waals surface area contributed by atoms with Crippen molar-refractivity contribution in [1.82, 2.24) is 20.0 Å². The van der Waals surface area contributed by atoms with Gasteiger partial charge >= 0.3 is 0 Å². The van der Waals surface area contributed by atoms with Crippen LogP contribution in [0.5, 0.6) is 5.75 Å². The van der Waals surface area contributed by atoms with Crippen LogP contribution in [0.1, 0.15) is 28.7 Å². The van der Waals surface area contributed by atoms with Gasteiger partial charge in [0.2, 0.25) is 0 Å². The smallest absolute Gasteiger partial charge is 0.269 e. The van der Waals surface area contributed by atoms with Crippen LogP contribution in [0.2, 0.25) is 0 Å². The summed E-state index contributed by atoms with van der Waals surface area (Å²) in [6.07, 6.45) is -0.137. The summed E-state index contributed by atoms with van der Waals surface area (Å²) >= 11 is 0. The lowest BCUT2D eigenvalue weighted by atomic mass is 10.2. The molecule has 0 radical (unpaired) electrons. The van der Waals surface area contributed by atoms with Crippen molar-refractivity contribution >= 4 is 5.91 Å². The molecule has 0 bridgehead atoms. The molecule has 1 N–H and O–H groups in total. The van der Waals surface area contributed by atoms with Gasteiger partial charge in [-0.2, -0.15) is 5.10 Å². The molecule has 1 aliphatic heterocycles. The molecule has 1 aliphatic rings. The molecule has 7 nitrogen and oxygen atoms in total. The lowest BCUT2D eigenvalue weighted by Gasteiger charge is -2.26. The molecule has 2 aromatic rings. The average Bonchev–Trinajstić information content (AvgIpc) is 2.99. The van der Waals surface area contributed by atoms with E-state index in [2.05, 4.69) is 27.4 Å². The van der Waals surface area contributed by atoms with Gasteiger partial charge in [-0.15, -0.1) is 0 Å². The number of carbonyl (C=O) groups excluding carboxylic acids is 1. The lowest BCUT2D eigenvalue weighted by molar-refractivity contribution is 0.0341. The summed E-state index contributed by atoms with van der Waals surface area (Å²) < 4.78 is 13.0. The van der Waals surface area contributed by atoms with Crippen LogP contribution in [-0.2, 0) is 18.3 Å². The summed E-state index contributed by atoms with van der Waals surface area (Å²) in [6.45, 7) is 8.65. The maximum Gasteiger partial charge on any atom is 0.269 e. The highest BCUT2D eigenvalue weighted by molar-refractivity contribution is 5.92. The maximum absolute atomic E-state index is 12.3. The van der Waals surface area contributed by atoms with E-state index < -0.39 is 0 Å². The third-order valence-corrected chi connectivity index (χ3v) is 4.53. The first-order chi connectivity index (χ1) is 13.0. The number of nitrogens with zero attached hydrogens (tertiary/aromatic N) is 3. The van der Waals surface area contributed by atoms with E-state index in [0.717, 1.165) is 44.3 Å². The van der Waals surface area contributed by atoms with Gasteiger partial charge in [0.05, 0.1) is 25.5 Å². The van der Waals surface area contributed by atoms with E-state index in [1.54, 1.807) is 17.8 Å². The predicted octanol–water partition coefficient (Wildman–Crippen LogP) is 1.76. The van der Waals surface area contributed by atoms with E-state index in [-0.39, 0.29) is 12.0 Å². The molecule has 0 spiro atoms. The van der Waals surface area contributed by atoms with E-state index >= 15 is 0 Å². The first kappa shape index (κ1) is 19.4.